The molecule has 5 heteroatoms. The van der Waals surface area contributed by atoms with E-state index in [1.54, 1.807) is 0 Å². The largest absolute Gasteiger partial charge is 0.378 e. The first-order valence-electron chi connectivity index (χ1n) is 9.16. The average Bonchev–Trinajstić information content (AvgIpc) is 3.29. The molecule has 0 spiro atoms. The predicted octanol–water partition coefficient (Wildman–Crippen LogP) is 4.35. The number of anilines is 2. The number of hydrogen-bond acceptors (Lipinski definition) is 3. The molecule has 3 aromatic rings. The lowest BCUT2D eigenvalue weighted by Crippen LogP contribution is -2.21. The van der Waals surface area contributed by atoms with Crippen LogP contribution in [0.1, 0.15) is 12.6 Å². The van der Waals surface area contributed by atoms with Crippen LogP contribution in [-0.4, -0.2) is 30.3 Å². The lowest BCUT2D eigenvalue weighted by Gasteiger charge is -2.14. The van der Waals surface area contributed by atoms with E-state index in [-0.39, 0.29) is 5.91 Å². The average molecular weight is 370 g/mol. The lowest BCUT2D eigenvalue weighted by molar-refractivity contribution is -0.114. The molecule has 0 atom stereocenters. The van der Waals surface area contributed by atoms with Crippen LogP contribution in [0.2, 0.25) is 0 Å². The van der Waals surface area contributed by atoms with Crippen LogP contribution in [0.3, 0.4) is 0 Å². The van der Waals surface area contributed by atoms with Gasteiger partial charge in [-0.1, -0.05) is 18.2 Å². The summed E-state index contributed by atoms with van der Waals surface area (Å²) in [6.07, 6.45) is 3.90. The maximum absolute atomic E-state index is 12.9. The molecule has 0 bridgehead atoms. The van der Waals surface area contributed by atoms with E-state index in [1.807, 2.05) is 75.8 Å². The highest BCUT2D eigenvalue weighted by Gasteiger charge is 2.28. The second-order valence-electron chi connectivity index (χ2n) is 6.91. The third-order valence-electron chi connectivity index (χ3n) is 4.78. The van der Waals surface area contributed by atoms with E-state index in [2.05, 4.69) is 38.8 Å². The van der Waals surface area contributed by atoms with Crippen molar-refractivity contribution >= 4 is 29.1 Å². The van der Waals surface area contributed by atoms with Crippen LogP contribution in [0.25, 0.3) is 11.8 Å². The Morgan fingerprint density at radius 3 is 2.29 bits per heavy atom. The van der Waals surface area contributed by atoms with Crippen molar-refractivity contribution in [1.82, 2.24) is 4.57 Å². The maximum atomic E-state index is 12.9. The first-order valence-corrected chi connectivity index (χ1v) is 9.16. The molecule has 0 aliphatic carbocycles. The van der Waals surface area contributed by atoms with Gasteiger partial charge >= 0.3 is 0 Å². The van der Waals surface area contributed by atoms with Gasteiger partial charge in [0.15, 0.2) is 0 Å². The molecule has 0 radical (unpaired) electrons. The van der Waals surface area contributed by atoms with E-state index in [9.17, 15) is 4.79 Å². The Bertz CT molecular complexity index is 1060. The van der Waals surface area contributed by atoms with Crippen molar-refractivity contribution < 1.29 is 4.79 Å². The summed E-state index contributed by atoms with van der Waals surface area (Å²) in [6.45, 7) is 1.87. The van der Waals surface area contributed by atoms with Crippen LogP contribution in [0.15, 0.2) is 83.6 Å². The molecular formula is C23H22N4O. The summed E-state index contributed by atoms with van der Waals surface area (Å²) in [6, 6.07) is 21.8. The van der Waals surface area contributed by atoms with Gasteiger partial charge in [0, 0.05) is 37.4 Å². The fourth-order valence-corrected chi connectivity index (χ4v) is 3.23. The molecule has 4 rings (SSSR count). The molecule has 0 fully saturated rings. The number of nitrogens with zero attached hydrogens (tertiary/aromatic N) is 4. The van der Waals surface area contributed by atoms with Gasteiger partial charge in [-0.05, 0) is 61.5 Å². The summed E-state index contributed by atoms with van der Waals surface area (Å²) < 4.78 is 2.07. The van der Waals surface area contributed by atoms with Gasteiger partial charge in [-0.3, -0.25) is 4.79 Å². The van der Waals surface area contributed by atoms with Crippen LogP contribution in [-0.2, 0) is 4.79 Å². The second kappa shape index (κ2) is 7.19. The zero-order chi connectivity index (χ0) is 19.7. The van der Waals surface area contributed by atoms with E-state index in [0.29, 0.717) is 11.3 Å². The third kappa shape index (κ3) is 3.22. The van der Waals surface area contributed by atoms with Gasteiger partial charge in [0.1, 0.15) is 0 Å². The molecule has 2 aromatic carbocycles. The van der Waals surface area contributed by atoms with Crippen LogP contribution in [0.4, 0.5) is 11.4 Å². The number of benzene rings is 2. The molecule has 5 nitrogen and oxygen atoms in total. The number of aromatic nitrogens is 1. The van der Waals surface area contributed by atoms with Gasteiger partial charge in [0.2, 0.25) is 0 Å². The summed E-state index contributed by atoms with van der Waals surface area (Å²) >= 11 is 0. The molecular weight excluding hydrogens is 348 g/mol. The topological polar surface area (TPSA) is 40.8 Å². The first-order chi connectivity index (χ1) is 13.5. The van der Waals surface area contributed by atoms with Crippen molar-refractivity contribution in [2.75, 3.05) is 24.0 Å². The van der Waals surface area contributed by atoms with Crippen molar-refractivity contribution in [3.63, 3.8) is 0 Å². The Balaban J connectivity index is 1.67. The second-order valence-corrected chi connectivity index (χ2v) is 6.91. The van der Waals surface area contributed by atoms with E-state index in [1.165, 1.54) is 5.01 Å². The molecule has 1 aliphatic heterocycles. The number of rotatable bonds is 4. The van der Waals surface area contributed by atoms with Gasteiger partial charge in [-0.25, -0.2) is 0 Å². The highest BCUT2D eigenvalue weighted by Crippen LogP contribution is 2.26. The molecule has 0 N–H and O–H groups in total. The minimum Gasteiger partial charge on any atom is -0.378 e. The standard InChI is InChI=1S/C23H22N4O/c1-17-22(23(28)27(24-17)20-8-5-4-6-9-20)16-21-10-7-15-26(21)19-13-11-18(12-14-19)25(2)3/h4-16H,1-3H3. The normalized spacial score (nSPS) is 15.2. The van der Waals surface area contributed by atoms with Crippen LogP contribution < -0.4 is 9.91 Å². The number of amides is 1. The summed E-state index contributed by atoms with van der Waals surface area (Å²) in [5, 5.41) is 5.91. The van der Waals surface area contributed by atoms with Crippen LogP contribution in [0.5, 0.6) is 0 Å². The summed E-state index contributed by atoms with van der Waals surface area (Å²) in [4.78, 5) is 15.0. The number of carbonyl (C=O) groups excluding carboxylic acids is 1. The smallest absolute Gasteiger partial charge is 0.280 e. The number of hydrogen-bond donors (Lipinski definition) is 0. The molecule has 1 aromatic heterocycles. The fourth-order valence-electron chi connectivity index (χ4n) is 3.23. The Kier molecular flexibility index (Phi) is 4.57. The monoisotopic (exact) mass is 370 g/mol. The minimum absolute atomic E-state index is 0.112. The summed E-state index contributed by atoms with van der Waals surface area (Å²) in [5.74, 6) is -0.112. The van der Waals surface area contributed by atoms with Crippen LogP contribution >= 0.6 is 0 Å². The molecule has 0 saturated carbocycles. The summed E-state index contributed by atoms with van der Waals surface area (Å²) in [7, 11) is 4.04. The quantitative estimate of drug-likeness (QED) is 0.641. The molecule has 0 saturated heterocycles. The number of para-hydroxylation sites is 1. The van der Waals surface area contributed by atoms with Crippen molar-refractivity contribution in [2.24, 2.45) is 5.10 Å². The van der Waals surface area contributed by atoms with Crippen molar-refractivity contribution in [1.29, 1.82) is 0 Å². The van der Waals surface area contributed by atoms with Crippen LogP contribution in [0, 0.1) is 0 Å². The Morgan fingerprint density at radius 2 is 1.61 bits per heavy atom. The number of hydrazone groups is 1. The SMILES string of the molecule is CC1=NN(c2ccccc2)C(=O)C1=Cc1cccn1-c1ccc(N(C)C)cc1. The Morgan fingerprint density at radius 1 is 0.893 bits per heavy atom. The van der Waals surface area contributed by atoms with Gasteiger partial charge in [0.25, 0.3) is 5.91 Å². The predicted molar refractivity (Wildman–Crippen MR) is 115 cm³/mol. The fraction of sp³-hybridized carbons (Fsp3) is 0.130. The highest BCUT2D eigenvalue weighted by molar-refractivity contribution is 6.32. The van der Waals surface area contributed by atoms with Gasteiger partial charge in [0.05, 0.1) is 17.0 Å². The molecule has 140 valence electrons. The molecule has 1 aliphatic rings. The van der Waals surface area contributed by atoms with E-state index in [4.69, 9.17) is 0 Å². The van der Waals surface area contributed by atoms with Crippen molar-refractivity contribution in [3.8, 4) is 5.69 Å². The Hall–Kier alpha value is -3.60. The third-order valence-corrected chi connectivity index (χ3v) is 4.78. The zero-order valence-corrected chi connectivity index (χ0v) is 16.2. The van der Waals surface area contributed by atoms with E-state index in [0.717, 1.165) is 22.8 Å². The molecule has 0 unspecified atom stereocenters. The minimum atomic E-state index is -0.112. The van der Waals surface area contributed by atoms with Crippen molar-refractivity contribution in [3.05, 3.63) is 84.2 Å². The summed E-state index contributed by atoms with van der Waals surface area (Å²) in [5.41, 5.74) is 5.21. The zero-order valence-electron chi connectivity index (χ0n) is 16.2. The van der Waals surface area contributed by atoms with Gasteiger partial charge in [-0.15, -0.1) is 0 Å². The van der Waals surface area contributed by atoms with Gasteiger partial charge in [-0.2, -0.15) is 10.1 Å². The van der Waals surface area contributed by atoms with E-state index >= 15 is 0 Å². The van der Waals surface area contributed by atoms with Gasteiger partial charge < -0.3 is 9.47 Å². The first kappa shape index (κ1) is 17.8. The molecule has 2 heterocycles. The molecule has 1 amide bonds. The highest BCUT2D eigenvalue weighted by atomic mass is 16.2. The molecule has 28 heavy (non-hydrogen) atoms. The Labute approximate surface area is 164 Å². The van der Waals surface area contributed by atoms with Crippen molar-refractivity contribution in [2.45, 2.75) is 6.92 Å². The maximum Gasteiger partial charge on any atom is 0.280 e. The lowest BCUT2D eigenvalue weighted by atomic mass is 10.1. The van der Waals surface area contributed by atoms with E-state index < -0.39 is 0 Å². The number of carbonyl (C=O) groups is 1.